The van der Waals surface area contributed by atoms with Crippen molar-refractivity contribution >= 4 is 21.4 Å². The maximum Gasteiger partial charge on any atom is 0.252 e. The second-order valence-electron chi connectivity index (χ2n) is 4.02. The largest absolute Gasteiger partial charge is 0.379 e. The number of ether oxygens (including phenoxy) is 1. The van der Waals surface area contributed by atoms with Crippen LogP contribution in [0.4, 0.5) is 0 Å². The molecule has 102 valence electrons. The smallest absolute Gasteiger partial charge is 0.252 e. The highest BCUT2D eigenvalue weighted by atomic mass is 32.2. The summed E-state index contributed by atoms with van der Waals surface area (Å²) < 4.78 is 31.8. The summed E-state index contributed by atoms with van der Waals surface area (Å²) in [7, 11) is -3.32. The van der Waals surface area contributed by atoms with E-state index in [1.54, 1.807) is 6.07 Å². The van der Waals surface area contributed by atoms with Crippen LogP contribution in [0.25, 0.3) is 0 Å². The van der Waals surface area contributed by atoms with Gasteiger partial charge >= 0.3 is 0 Å². The van der Waals surface area contributed by atoms with E-state index < -0.39 is 10.0 Å². The van der Waals surface area contributed by atoms with Crippen LogP contribution in [0.3, 0.4) is 0 Å². The van der Waals surface area contributed by atoms with Crippen molar-refractivity contribution in [3.8, 4) is 0 Å². The molecule has 2 rings (SSSR count). The second-order valence-corrected chi connectivity index (χ2v) is 7.35. The maximum absolute atomic E-state index is 12.3. The number of nitrogens with one attached hydrogen (secondary N) is 1. The zero-order chi connectivity index (χ0) is 13.0. The first-order valence-electron chi connectivity index (χ1n) is 6.02. The molecule has 0 radical (unpaired) electrons. The Kier molecular flexibility index (Phi) is 4.74. The van der Waals surface area contributed by atoms with Gasteiger partial charge in [0.15, 0.2) is 0 Å². The molecule has 18 heavy (non-hydrogen) atoms. The molecule has 5 nitrogen and oxygen atoms in total. The van der Waals surface area contributed by atoms with E-state index in [0.29, 0.717) is 30.5 Å². The number of rotatable bonds is 5. The maximum atomic E-state index is 12.3. The molecule has 0 bridgehead atoms. The Bertz CT molecular complexity index is 478. The molecule has 2 heterocycles. The highest BCUT2D eigenvalue weighted by molar-refractivity contribution is 7.91. The quantitative estimate of drug-likeness (QED) is 0.874. The molecule has 1 aromatic rings. The van der Waals surface area contributed by atoms with E-state index in [1.807, 2.05) is 13.0 Å². The molecule has 0 amide bonds. The van der Waals surface area contributed by atoms with E-state index in [4.69, 9.17) is 4.74 Å². The van der Waals surface area contributed by atoms with Crippen molar-refractivity contribution in [1.82, 2.24) is 9.62 Å². The van der Waals surface area contributed by atoms with Gasteiger partial charge in [-0.2, -0.15) is 4.31 Å². The molecule has 0 aromatic carbocycles. The fourth-order valence-electron chi connectivity index (χ4n) is 1.75. The summed E-state index contributed by atoms with van der Waals surface area (Å²) in [5, 5.41) is 3.19. The Morgan fingerprint density at radius 3 is 2.78 bits per heavy atom. The topological polar surface area (TPSA) is 58.6 Å². The molecular formula is C11H18N2O3S2. The van der Waals surface area contributed by atoms with Crippen LogP contribution in [-0.4, -0.2) is 45.6 Å². The third-order valence-electron chi connectivity index (χ3n) is 2.75. The second kappa shape index (κ2) is 6.12. The number of hydrogen-bond acceptors (Lipinski definition) is 5. The number of morpholine rings is 1. The Hall–Kier alpha value is -0.470. The molecule has 1 aliphatic heterocycles. The van der Waals surface area contributed by atoms with Gasteiger partial charge in [-0.1, -0.05) is 6.92 Å². The molecule has 7 heteroatoms. The van der Waals surface area contributed by atoms with Gasteiger partial charge in [0.05, 0.1) is 13.2 Å². The minimum Gasteiger partial charge on any atom is -0.379 e. The third kappa shape index (κ3) is 3.10. The first kappa shape index (κ1) is 14.0. The molecule has 0 atom stereocenters. The van der Waals surface area contributed by atoms with Gasteiger partial charge < -0.3 is 10.1 Å². The van der Waals surface area contributed by atoms with E-state index in [-0.39, 0.29) is 0 Å². The van der Waals surface area contributed by atoms with Crippen molar-refractivity contribution in [3.63, 3.8) is 0 Å². The van der Waals surface area contributed by atoms with Crippen LogP contribution >= 0.6 is 11.3 Å². The molecule has 1 aliphatic rings. The Morgan fingerprint density at radius 2 is 2.11 bits per heavy atom. The molecule has 1 N–H and O–H groups in total. The minimum absolute atomic E-state index is 0.428. The van der Waals surface area contributed by atoms with Crippen molar-refractivity contribution in [3.05, 3.63) is 17.0 Å². The predicted molar refractivity (Wildman–Crippen MR) is 71.3 cm³/mol. The average Bonchev–Trinajstić information content (AvgIpc) is 2.87. The van der Waals surface area contributed by atoms with Gasteiger partial charge in [-0.3, -0.25) is 0 Å². The van der Waals surface area contributed by atoms with Crippen LogP contribution in [-0.2, 0) is 21.3 Å². The fraction of sp³-hybridized carbons (Fsp3) is 0.636. The average molecular weight is 290 g/mol. The lowest BCUT2D eigenvalue weighted by molar-refractivity contribution is 0.0731. The summed E-state index contributed by atoms with van der Waals surface area (Å²) in [5.74, 6) is 0. The predicted octanol–water partition coefficient (Wildman–Crippen LogP) is 0.879. The number of thiophene rings is 1. The lowest BCUT2D eigenvalue weighted by atomic mass is 10.4. The molecule has 1 aromatic heterocycles. The van der Waals surface area contributed by atoms with E-state index in [2.05, 4.69) is 5.32 Å². The summed E-state index contributed by atoms with van der Waals surface area (Å²) in [5.41, 5.74) is 0. The first-order chi connectivity index (χ1) is 8.64. The monoisotopic (exact) mass is 290 g/mol. The Balaban J connectivity index is 2.11. The lowest BCUT2D eigenvalue weighted by Gasteiger charge is -2.25. The van der Waals surface area contributed by atoms with Crippen LogP contribution in [0.5, 0.6) is 0 Å². The van der Waals surface area contributed by atoms with E-state index in [0.717, 1.165) is 18.0 Å². The van der Waals surface area contributed by atoms with E-state index in [9.17, 15) is 8.42 Å². The van der Waals surface area contributed by atoms with Crippen molar-refractivity contribution in [1.29, 1.82) is 0 Å². The highest BCUT2D eigenvalue weighted by Gasteiger charge is 2.27. The summed E-state index contributed by atoms with van der Waals surface area (Å²) in [6.07, 6.45) is 0. The van der Waals surface area contributed by atoms with Crippen molar-refractivity contribution in [2.45, 2.75) is 17.7 Å². The van der Waals surface area contributed by atoms with Gasteiger partial charge in [-0.15, -0.1) is 11.3 Å². The normalized spacial score (nSPS) is 18.1. The molecule has 1 saturated heterocycles. The zero-order valence-corrected chi connectivity index (χ0v) is 12.0. The molecule has 0 spiro atoms. The number of sulfonamides is 1. The molecule has 1 fully saturated rings. The van der Waals surface area contributed by atoms with Crippen LogP contribution in [0, 0.1) is 0 Å². The van der Waals surface area contributed by atoms with Crippen LogP contribution in [0.2, 0.25) is 0 Å². The first-order valence-corrected chi connectivity index (χ1v) is 8.27. The molecule has 0 saturated carbocycles. The van der Waals surface area contributed by atoms with Gasteiger partial charge in [0.1, 0.15) is 4.21 Å². The summed E-state index contributed by atoms with van der Waals surface area (Å²) >= 11 is 1.34. The third-order valence-corrected chi connectivity index (χ3v) is 6.20. The lowest BCUT2D eigenvalue weighted by Crippen LogP contribution is -2.40. The summed E-state index contributed by atoms with van der Waals surface area (Å²) in [6, 6.07) is 3.57. The van der Waals surface area contributed by atoms with Gasteiger partial charge in [0, 0.05) is 24.5 Å². The van der Waals surface area contributed by atoms with Crippen LogP contribution in [0.15, 0.2) is 16.3 Å². The number of nitrogens with zero attached hydrogens (tertiary/aromatic N) is 1. The molecule has 0 aliphatic carbocycles. The Morgan fingerprint density at radius 1 is 1.39 bits per heavy atom. The van der Waals surface area contributed by atoms with Crippen LogP contribution in [0.1, 0.15) is 11.8 Å². The van der Waals surface area contributed by atoms with Gasteiger partial charge in [0.2, 0.25) is 0 Å². The van der Waals surface area contributed by atoms with Gasteiger partial charge in [-0.05, 0) is 18.7 Å². The van der Waals surface area contributed by atoms with Crippen molar-refractivity contribution in [2.75, 3.05) is 32.8 Å². The van der Waals surface area contributed by atoms with E-state index >= 15 is 0 Å². The standard InChI is InChI=1S/C11H18N2O3S2/c1-2-12-9-10-3-4-11(17-10)18(14,15)13-5-7-16-8-6-13/h3-4,12H,2,5-9H2,1H3. The Labute approximate surface area is 112 Å². The van der Waals surface area contributed by atoms with Gasteiger partial charge in [0.25, 0.3) is 10.0 Å². The van der Waals surface area contributed by atoms with Crippen LogP contribution < -0.4 is 5.32 Å². The van der Waals surface area contributed by atoms with Crippen molar-refractivity contribution < 1.29 is 13.2 Å². The van der Waals surface area contributed by atoms with E-state index in [1.165, 1.54) is 15.6 Å². The minimum atomic E-state index is -3.32. The molecular weight excluding hydrogens is 272 g/mol. The SMILES string of the molecule is CCNCc1ccc(S(=O)(=O)N2CCOCC2)s1. The highest BCUT2D eigenvalue weighted by Crippen LogP contribution is 2.25. The van der Waals surface area contributed by atoms with Gasteiger partial charge in [-0.25, -0.2) is 8.42 Å². The molecule has 0 unspecified atom stereocenters. The van der Waals surface area contributed by atoms with Crippen molar-refractivity contribution in [2.24, 2.45) is 0 Å². The summed E-state index contributed by atoms with van der Waals surface area (Å²) in [6.45, 7) is 5.48. The zero-order valence-electron chi connectivity index (χ0n) is 10.4. The fourth-order valence-corrected chi connectivity index (χ4v) is 4.64. The number of hydrogen-bond donors (Lipinski definition) is 1. The summed E-state index contributed by atoms with van der Waals surface area (Å²) in [4.78, 5) is 1.05.